The van der Waals surface area contributed by atoms with Crippen LogP contribution in [-0.2, 0) is 5.41 Å². The van der Waals surface area contributed by atoms with Gasteiger partial charge in [0.2, 0.25) is 0 Å². The number of rotatable bonds is 14. The van der Waals surface area contributed by atoms with E-state index in [1.54, 1.807) is 14.2 Å². The monoisotopic (exact) mass is 542 g/mol. The number of urea groups is 1. The fraction of sp³-hybridized carbons (Fsp3) is 0.457. The summed E-state index contributed by atoms with van der Waals surface area (Å²) in [5.74, 6) is 1.63. The number of benzene rings is 3. The fourth-order valence-corrected chi connectivity index (χ4v) is 6.32. The van der Waals surface area contributed by atoms with E-state index in [1.807, 2.05) is 24.3 Å². The number of carbonyl (C=O) groups excluding carboxylic acids is 1. The molecule has 214 valence electrons. The van der Waals surface area contributed by atoms with Crippen LogP contribution in [-0.4, -0.2) is 44.3 Å². The van der Waals surface area contributed by atoms with Crippen molar-refractivity contribution >= 4 is 6.03 Å². The summed E-state index contributed by atoms with van der Waals surface area (Å²) in [4.78, 5) is 15.8. The van der Waals surface area contributed by atoms with Gasteiger partial charge in [-0.25, -0.2) is 4.79 Å². The van der Waals surface area contributed by atoms with Crippen molar-refractivity contribution in [2.24, 2.45) is 0 Å². The smallest absolute Gasteiger partial charge is 0.317 e. The number of unbranched alkanes of at least 4 members (excludes halogenated alkanes) is 6. The first-order valence-electron chi connectivity index (χ1n) is 15.0. The quantitative estimate of drug-likeness (QED) is 0.166. The lowest BCUT2D eigenvalue weighted by Crippen LogP contribution is -2.53. The van der Waals surface area contributed by atoms with Gasteiger partial charge in [0.05, 0.1) is 25.7 Å². The highest BCUT2D eigenvalue weighted by Gasteiger charge is 2.49. The van der Waals surface area contributed by atoms with Crippen molar-refractivity contribution in [2.45, 2.75) is 76.2 Å². The highest BCUT2D eigenvalue weighted by Crippen LogP contribution is 2.48. The maximum Gasteiger partial charge on any atom is 0.317 e. The van der Waals surface area contributed by atoms with Gasteiger partial charge >= 0.3 is 6.03 Å². The van der Waals surface area contributed by atoms with Crippen LogP contribution in [0.3, 0.4) is 0 Å². The van der Waals surface area contributed by atoms with E-state index in [0.717, 1.165) is 55.0 Å². The molecule has 3 aromatic rings. The van der Waals surface area contributed by atoms with E-state index < -0.39 is 5.41 Å². The van der Waals surface area contributed by atoms with E-state index in [4.69, 9.17) is 9.47 Å². The average molecular weight is 543 g/mol. The second kappa shape index (κ2) is 14.8. The number of nitrogens with one attached hydrogen (secondary N) is 1. The molecule has 1 aliphatic heterocycles. The zero-order valence-electron chi connectivity index (χ0n) is 24.5. The predicted octanol–water partition coefficient (Wildman–Crippen LogP) is 7.96. The molecule has 40 heavy (non-hydrogen) atoms. The molecule has 0 aliphatic carbocycles. The van der Waals surface area contributed by atoms with Gasteiger partial charge in [0.15, 0.2) is 0 Å². The van der Waals surface area contributed by atoms with E-state index >= 15 is 0 Å². The Bertz CT molecular complexity index is 1110. The third-order valence-electron chi connectivity index (χ3n) is 8.39. The van der Waals surface area contributed by atoms with Crippen LogP contribution in [0.2, 0.25) is 0 Å². The predicted molar refractivity (Wildman–Crippen MR) is 163 cm³/mol. The minimum atomic E-state index is -0.563. The summed E-state index contributed by atoms with van der Waals surface area (Å²) in [6.07, 6.45) is 10.5. The molecule has 1 fully saturated rings. The Hall–Kier alpha value is -3.47. The molecule has 1 heterocycles. The summed E-state index contributed by atoms with van der Waals surface area (Å²) < 4.78 is 11.0. The Morgan fingerprint density at radius 2 is 1.30 bits per heavy atom. The van der Waals surface area contributed by atoms with E-state index in [2.05, 4.69) is 71.7 Å². The summed E-state index contributed by atoms with van der Waals surface area (Å²) >= 11 is 0. The first-order valence-corrected chi connectivity index (χ1v) is 15.0. The molecule has 5 nitrogen and oxygen atoms in total. The third-order valence-corrected chi connectivity index (χ3v) is 8.39. The first-order chi connectivity index (χ1) is 19.6. The summed E-state index contributed by atoms with van der Waals surface area (Å²) in [7, 11) is 3.38. The fourth-order valence-electron chi connectivity index (χ4n) is 6.32. The van der Waals surface area contributed by atoms with Crippen LogP contribution in [0, 0.1) is 0 Å². The lowest BCUT2D eigenvalue weighted by atomic mass is 9.64. The van der Waals surface area contributed by atoms with Crippen LogP contribution < -0.4 is 14.8 Å². The number of hydrogen-bond donors (Lipinski definition) is 1. The molecule has 0 bridgehead atoms. The van der Waals surface area contributed by atoms with Crippen molar-refractivity contribution in [3.8, 4) is 11.5 Å². The average Bonchev–Trinajstić information content (AvgIpc) is 3.50. The van der Waals surface area contributed by atoms with Crippen molar-refractivity contribution in [3.63, 3.8) is 0 Å². The topological polar surface area (TPSA) is 50.8 Å². The number of amides is 2. The number of methoxy groups -OCH3 is 2. The Labute approximate surface area is 240 Å². The lowest BCUT2D eigenvalue weighted by molar-refractivity contribution is 0.177. The molecular weight excluding hydrogens is 496 g/mol. The molecule has 2 amide bonds. The van der Waals surface area contributed by atoms with E-state index in [9.17, 15) is 4.79 Å². The summed E-state index contributed by atoms with van der Waals surface area (Å²) in [5, 5.41) is 3.27. The van der Waals surface area contributed by atoms with Gasteiger partial charge in [-0.15, -0.1) is 0 Å². The van der Waals surface area contributed by atoms with Crippen molar-refractivity contribution in [2.75, 3.05) is 27.3 Å². The Morgan fingerprint density at radius 3 is 1.85 bits per heavy atom. The first kappa shape index (κ1) is 29.5. The van der Waals surface area contributed by atoms with Gasteiger partial charge in [-0.2, -0.15) is 0 Å². The molecule has 1 aliphatic rings. The highest BCUT2D eigenvalue weighted by molar-refractivity contribution is 5.76. The molecule has 0 saturated carbocycles. The highest BCUT2D eigenvalue weighted by atomic mass is 16.5. The van der Waals surface area contributed by atoms with Crippen molar-refractivity contribution in [3.05, 3.63) is 95.6 Å². The van der Waals surface area contributed by atoms with Crippen molar-refractivity contribution in [1.82, 2.24) is 10.2 Å². The normalized spacial score (nSPS) is 15.2. The Balaban J connectivity index is 1.67. The van der Waals surface area contributed by atoms with Gasteiger partial charge in [0, 0.05) is 13.1 Å². The van der Waals surface area contributed by atoms with Gasteiger partial charge in [-0.1, -0.05) is 100 Å². The standard InChI is InChI=1S/C35H46N2O3/c1-4-5-6-7-8-9-13-26-36-34(38)37-27-14-17-33(37)35(28-15-11-10-12-16-28,29-18-22-31(39-2)23-19-29)30-20-24-32(40-3)25-21-30/h10-12,15-16,18-25,33H,4-9,13-14,17,26-27H2,1-3H3,(H,36,38)/t33-/m0/s1. The van der Waals surface area contributed by atoms with Crippen molar-refractivity contribution < 1.29 is 14.3 Å². The number of nitrogens with zero attached hydrogens (tertiary/aromatic N) is 1. The van der Waals surface area contributed by atoms with Crippen LogP contribution in [0.4, 0.5) is 4.79 Å². The lowest BCUT2D eigenvalue weighted by Gasteiger charge is -2.45. The molecule has 1 saturated heterocycles. The molecule has 0 unspecified atom stereocenters. The molecular formula is C35H46N2O3. The van der Waals surface area contributed by atoms with Crippen LogP contribution in [0.25, 0.3) is 0 Å². The van der Waals surface area contributed by atoms with Crippen LogP contribution >= 0.6 is 0 Å². The van der Waals surface area contributed by atoms with Crippen molar-refractivity contribution in [1.29, 1.82) is 0 Å². The SMILES string of the molecule is CCCCCCCCCNC(=O)N1CCC[C@H]1C(c1ccccc1)(c1ccc(OC)cc1)c1ccc(OC)cc1. The molecule has 4 rings (SSSR count). The minimum absolute atomic E-state index is 0.0378. The largest absolute Gasteiger partial charge is 0.497 e. The summed E-state index contributed by atoms with van der Waals surface area (Å²) in [6.45, 7) is 3.71. The van der Waals surface area contributed by atoms with E-state index in [-0.39, 0.29) is 12.1 Å². The van der Waals surface area contributed by atoms with E-state index in [1.165, 1.54) is 44.1 Å². The van der Waals surface area contributed by atoms with Crippen LogP contribution in [0.1, 0.15) is 81.4 Å². The molecule has 0 aromatic heterocycles. The molecule has 3 aromatic carbocycles. The minimum Gasteiger partial charge on any atom is -0.497 e. The Morgan fingerprint density at radius 1 is 0.775 bits per heavy atom. The van der Waals surface area contributed by atoms with Gasteiger partial charge in [-0.05, 0) is 60.2 Å². The number of ether oxygens (including phenoxy) is 2. The zero-order valence-corrected chi connectivity index (χ0v) is 24.5. The molecule has 1 N–H and O–H groups in total. The number of hydrogen-bond acceptors (Lipinski definition) is 3. The molecule has 5 heteroatoms. The molecule has 1 atom stereocenters. The van der Waals surface area contributed by atoms with Gasteiger partial charge in [-0.3, -0.25) is 0 Å². The Kier molecular flexibility index (Phi) is 10.9. The maximum atomic E-state index is 13.7. The van der Waals surface area contributed by atoms with Gasteiger partial charge < -0.3 is 19.7 Å². The third kappa shape index (κ3) is 6.63. The van der Waals surface area contributed by atoms with Crippen LogP contribution in [0.15, 0.2) is 78.9 Å². The van der Waals surface area contributed by atoms with Gasteiger partial charge in [0.1, 0.15) is 11.5 Å². The second-order valence-electron chi connectivity index (χ2n) is 10.8. The number of carbonyl (C=O) groups is 1. The zero-order chi connectivity index (χ0) is 28.2. The maximum absolute atomic E-state index is 13.7. The van der Waals surface area contributed by atoms with E-state index in [0.29, 0.717) is 0 Å². The summed E-state index contributed by atoms with van der Waals surface area (Å²) in [6, 6.07) is 27.3. The van der Waals surface area contributed by atoms with Crippen LogP contribution in [0.5, 0.6) is 11.5 Å². The second-order valence-corrected chi connectivity index (χ2v) is 10.8. The molecule has 0 spiro atoms. The van der Waals surface area contributed by atoms with Gasteiger partial charge in [0.25, 0.3) is 0 Å². The number of likely N-dealkylation sites (tertiary alicyclic amines) is 1. The molecule has 0 radical (unpaired) electrons. The summed E-state index contributed by atoms with van der Waals surface area (Å²) in [5.41, 5.74) is 2.89.